The molecule has 2 rings (SSSR count). The van der Waals surface area contributed by atoms with Gasteiger partial charge in [0, 0.05) is 17.8 Å². The van der Waals surface area contributed by atoms with Gasteiger partial charge in [-0.05, 0) is 13.0 Å². The first-order chi connectivity index (χ1) is 7.99. The van der Waals surface area contributed by atoms with Crippen LogP contribution in [0.2, 0.25) is 0 Å². The Morgan fingerprint density at radius 1 is 1.41 bits per heavy atom. The smallest absolute Gasteiger partial charge is 0.272 e. The van der Waals surface area contributed by atoms with Gasteiger partial charge in [0.15, 0.2) is 5.82 Å². The van der Waals surface area contributed by atoms with Crippen molar-refractivity contribution in [3.63, 3.8) is 0 Å². The molecule has 0 bridgehead atoms. The van der Waals surface area contributed by atoms with Crippen LogP contribution >= 0.6 is 0 Å². The van der Waals surface area contributed by atoms with Crippen LogP contribution in [0.1, 0.15) is 5.69 Å². The van der Waals surface area contributed by atoms with Crippen molar-refractivity contribution in [2.24, 2.45) is 0 Å². The van der Waals surface area contributed by atoms with Gasteiger partial charge < -0.3 is 0 Å². The summed E-state index contributed by atoms with van der Waals surface area (Å²) in [6, 6.07) is 4.41. The molecule has 0 saturated carbocycles. The van der Waals surface area contributed by atoms with Gasteiger partial charge in [0.05, 0.1) is 11.0 Å². The minimum Gasteiger partial charge on any atom is -0.295 e. The van der Waals surface area contributed by atoms with Crippen LogP contribution < -0.4 is 5.56 Å². The Balaban J connectivity index is 2.58. The fourth-order valence-corrected chi connectivity index (χ4v) is 1.48. The molecule has 0 unspecified atom stereocenters. The summed E-state index contributed by atoms with van der Waals surface area (Å²) >= 11 is 0. The topological polar surface area (TPSA) is 80.9 Å². The summed E-state index contributed by atoms with van der Waals surface area (Å²) in [7, 11) is 0. The summed E-state index contributed by atoms with van der Waals surface area (Å²) in [5.41, 5.74) is -0.251. The first-order valence-corrected chi connectivity index (χ1v) is 4.72. The maximum absolute atomic E-state index is 13.6. The van der Waals surface area contributed by atoms with Gasteiger partial charge in [0.1, 0.15) is 5.69 Å². The summed E-state index contributed by atoms with van der Waals surface area (Å²) in [6.45, 7) is 1.65. The van der Waals surface area contributed by atoms with Gasteiger partial charge >= 0.3 is 0 Å². The Bertz CT molecular complexity index is 644. The minimum absolute atomic E-state index is 0.0475. The van der Waals surface area contributed by atoms with Crippen LogP contribution in [0.5, 0.6) is 0 Å². The quantitative estimate of drug-likeness (QED) is 0.635. The number of non-ortho nitro benzene ring substituents is 1. The number of aromatic amines is 1. The van der Waals surface area contributed by atoms with E-state index in [0.29, 0.717) is 5.69 Å². The van der Waals surface area contributed by atoms with Crippen LogP contribution in [0.4, 0.5) is 10.1 Å². The normalized spacial score (nSPS) is 10.5. The zero-order valence-corrected chi connectivity index (χ0v) is 8.81. The van der Waals surface area contributed by atoms with E-state index in [0.717, 1.165) is 16.8 Å². The van der Waals surface area contributed by atoms with Crippen molar-refractivity contribution in [3.8, 4) is 5.69 Å². The average Bonchev–Trinajstić information content (AvgIpc) is 2.57. The second kappa shape index (κ2) is 3.85. The summed E-state index contributed by atoms with van der Waals surface area (Å²) in [5.74, 6) is -0.830. The molecule has 0 fully saturated rings. The number of halogens is 1. The van der Waals surface area contributed by atoms with E-state index in [-0.39, 0.29) is 11.4 Å². The molecule has 7 heteroatoms. The molecule has 1 aromatic heterocycles. The number of aryl methyl sites for hydroxylation is 1. The van der Waals surface area contributed by atoms with Crippen LogP contribution in [0.25, 0.3) is 5.69 Å². The monoisotopic (exact) mass is 237 g/mol. The van der Waals surface area contributed by atoms with Gasteiger partial charge in [-0.25, -0.2) is 9.07 Å². The minimum atomic E-state index is -0.830. The van der Waals surface area contributed by atoms with E-state index in [9.17, 15) is 19.3 Å². The number of rotatable bonds is 2. The number of hydrogen-bond acceptors (Lipinski definition) is 3. The van der Waals surface area contributed by atoms with Gasteiger partial charge in [-0.15, -0.1) is 0 Å². The molecule has 1 aromatic carbocycles. The third-order valence-corrected chi connectivity index (χ3v) is 2.23. The zero-order chi connectivity index (χ0) is 12.6. The predicted molar refractivity (Wildman–Crippen MR) is 57.7 cm³/mol. The van der Waals surface area contributed by atoms with E-state index in [1.54, 1.807) is 6.92 Å². The molecule has 17 heavy (non-hydrogen) atoms. The van der Waals surface area contributed by atoms with E-state index in [1.807, 2.05) is 0 Å². The third-order valence-electron chi connectivity index (χ3n) is 2.23. The van der Waals surface area contributed by atoms with Crippen LogP contribution in [-0.4, -0.2) is 14.7 Å². The summed E-state index contributed by atoms with van der Waals surface area (Å²) in [4.78, 5) is 21.2. The average molecular weight is 237 g/mol. The highest BCUT2D eigenvalue weighted by Gasteiger charge is 2.13. The van der Waals surface area contributed by atoms with E-state index in [4.69, 9.17) is 0 Å². The number of hydrogen-bond donors (Lipinski definition) is 1. The van der Waals surface area contributed by atoms with E-state index >= 15 is 0 Å². The Morgan fingerprint density at radius 3 is 2.59 bits per heavy atom. The third kappa shape index (κ3) is 1.94. The van der Waals surface area contributed by atoms with Gasteiger partial charge in [0.2, 0.25) is 0 Å². The SMILES string of the molecule is Cc1cc(=O)n(-c2ccc([N+](=O)[O-])cc2F)[nH]1. The van der Waals surface area contributed by atoms with Crippen LogP contribution in [0, 0.1) is 22.9 Å². The van der Waals surface area contributed by atoms with E-state index in [1.165, 1.54) is 12.1 Å². The summed E-state index contributed by atoms with van der Waals surface area (Å²) in [6.07, 6.45) is 0. The van der Waals surface area contributed by atoms with Crippen molar-refractivity contribution in [1.82, 2.24) is 9.78 Å². The van der Waals surface area contributed by atoms with Crippen LogP contribution in [0.3, 0.4) is 0 Å². The van der Waals surface area contributed by atoms with Gasteiger partial charge in [-0.3, -0.25) is 20.0 Å². The maximum Gasteiger partial charge on any atom is 0.272 e. The molecule has 6 nitrogen and oxygen atoms in total. The molecular weight excluding hydrogens is 229 g/mol. The molecule has 0 aliphatic rings. The standard InChI is InChI=1S/C10H8FN3O3/c1-6-4-10(15)13(12-6)9-3-2-7(14(16)17)5-8(9)11/h2-5,12H,1H3. The lowest BCUT2D eigenvalue weighted by atomic mass is 10.2. The molecule has 2 aromatic rings. The van der Waals surface area contributed by atoms with Crippen LogP contribution in [0.15, 0.2) is 29.1 Å². The number of nitrogens with zero attached hydrogens (tertiary/aromatic N) is 2. The molecule has 0 aliphatic carbocycles. The number of aromatic nitrogens is 2. The van der Waals surface area contributed by atoms with Gasteiger partial charge in [-0.1, -0.05) is 0 Å². The molecule has 1 N–H and O–H groups in total. The molecule has 0 amide bonds. The highest BCUT2D eigenvalue weighted by Crippen LogP contribution is 2.18. The molecule has 0 spiro atoms. The number of nitro groups is 1. The second-order valence-electron chi connectivity index (χ2n) is 3.51. The first kappa shape index (κ1) is 11.1. The zero-order valence-electron chi connectivity index (χ0n) is 8.81. The maximum atomic E-state index is 13.6. The molecule has 1 heterocycles. The van der Waals surface area contributed by atoms with Crippen molar-refractivity contribution in [3.05, 3.63) is 56.2 Å². The van der Waals surface area contributed by atoms with Crippen molar-refractivity contribution in [1.29, 1.82) is 0 Å². The highest BCUT2D eigenvalue weighted by molar-refractivity contribution is 5.41. The highest BCUT2D eigenvalue weighted by atomic mass is 19.1. The van der Waals surface area contributed by atoms with Gasteiger partial charge in [0.25, 0.3) is 11.2 Å². The van der Waals surface area contributed by atoms with Crippen molar-refractivity contribution in [2.75, 3.05) is 0 Å². The molecule has 0 saturated heterocycles. The number of benzene rings is 1. The van der Waals surface area contributed by atoms with Crippen molar-refractivity contribution in [2.45, 2.75) is 6.92 Å². The lowest BCUT2D eigenvalue weighted by Crippen LogP contribution is -2.15. The molecule has 88 valence electrons. The summed E-state index contributed by atoms with van der Waals surface area (Å²) < 4.78 is 14.6. The molecular formula is C10H8FN3O3. The fourth-order valence-electron chi connectivity index (χ4n) is 1.48. The number of nitrogens with one attached hydrogen (secondary N) is 1. The van der Waals surface area contributed by atoms with Crippen molar-refractivity contribution < 1.29 is 9.31 Å². The lowest BCUT2D eigenvalue weighted by Gasteiger charge is -2.02. The second-order valence-corrected chi connectivity index (χ2v) is 3.51. The van der Waals surface area contributed by atoms with Crippen LogP contribution in [-0.2, 0) is 0 Å². The predicted octanol–water partition coefficient (Wildman–Crippen LogP) is 1.52. The molecule has 0 aliphatic heterocycles. The summed E-state index contributed by atoms with van der Waals surface area (Å²) in [5, 5.41) is 13.1. The number of H-pyrrole nitrogens is 1. The largest absolute Gasteiger partial charge is 0.295 e. The Hall–Kier alpha value is -2.44. The van der Waals surface area contributed by atoms with E-state index < -0.39 is 16.3 Å². The number of nitro benzene ring substituents is 1. The van der Waals surface area contributed by atoms with Gasteiger partial charge in [-0.2, -0.15) is 0 Å². The van der Waals surface area contributed by atoms with E-state index in [2.05, 4.69) is 5.10 Å². The molecule has 0 radical (unpaired) electrons. The lowest BCUT2D eigenvalue weighted by molar-refractivity contribution is -0.385. The Morgan fingerprint density at radius 2 is 2.12 bits per heavy atom. The first-order valence-electron chi connectivity index (χ1n) is 4.72. The van der Waals surface area contributed by atoms with Crippen molar-refractivity contribution >= 4 is 5.69 Å². The Kier molecular flexibility index (Phi) is 2.51. The molecule has 0 atom stereocenters. The fraction of sp³-hybridized carbons (Fsp3) is 0.100. The Labute approximate surface area is 94.4 Å².